The lowest BCUT2D eigenvalue weighted by Gasteiger charge is -2.16. The molecule has 15 heavy (non-hydrogen) atoms. The van der Waals surface area contributed by atoms with Crippen molar-refractivity contribution in [1.29, 1.82) is 0 Å². The molecule has 0 aromatic heterocycles. The molecule has 2 nitrogen and oxygen atoms in total. The van der Waals surface area contributed by atoms with Crippen LogP contribution in [-0.2, 0) is 4.74 Å². The van der Waals surface area contributed by atoms with E-state index in [-0.39, 0.29) is 12.5 Å². The first-order valence-electron chi connectivity index (χ1n) is 5.53. The number of aliphatic hydroxyl groups excluding tert-OH is 1. The number of hydrogen-bond donors (Lipinski definition) is 1. The molecule has 0 heterocycles. The maximum absolute atomic E-state index is 9.35. The molecule has 0 saturated carbocycles. The second-order valence-corrected chi connectivity index (χ2v) is 3.72. The van der Waals surface area contributed by atoms with Gasteiger partial charge in [0.2, 0.25) is 0 Å². The Hall–Kier alpha value is -0.860. The zero-order valence-electron chi connectivity index (χ0n) is 9.57. The van der Waals surface area contributed by atoms with Crippen molar-refractivity contribution in [2.75, 3.05) is 19.8 Å². The lowest BCUT2D eigenvalue weighted by molar-refractivity contribution is 0.130. The smallest absolute Gasteiger partial charge is 0.0500 e. The van der Waals surface area contributed by atoms with Gasteiger partial charge >= 0.3 is 0 Å². The third-order valence-corrected chi connectivity index (χ3v) is 2.66. The van der Waals surface area contributed by atoms with Gasteiger partial charge in [-0.3, -0.25) is 0 Å². The molecule has 0 radical (unpaired) electrons. The van der Waals surface area contributed by atoms with E-state index in [1.54, 1.807) is 0 Å². The highest BCUT2D eigenvalue weighted by Crippen LogP contribution is 2.22. The van der Waals surface area contributed by atoms with Crippen LogP contribution in [-0.4, -0.2) is 24.9 Å². The highest BCUT2D eigenvalue weighted by Gasteiger charge is 2.11. The molecule has 0 aliphatic heterocycles. The molecule has 1 unspecified atom stereocenters. The number of rotatable bonds is 6. The molecule has 84 valence electrons. The van der Waals surface area contributed by atoms with E-state index in [1.807, 2.05) is 19.1 Å². The van der Waals surface area contributed by atoms with Gasteiger partial charge in [0.05, 0.1) is 6.61 Å². The van der Waals surface area contributed by atoms with Crippen LogP contribution in [0.2, 0.25) is 0 Å². The minimum atomic E-state index is 0.192. The molecule has 1 N–H and O–H groups in total. The predicted molar refractivity (Wildman–Crippen MR) is 62.1 cm³/mol. The summed E-state index contributed by atoms with van der Waals surface area (Å²) in [6.07, 6.45) is 0.884. The zero-order chi connectivity index (χ0) is 11.1. The van der Waals surface area contributed by atoms with Gasteiger partial charge in [-0.2, -0.15) is 0 Å². The standard InChI is InChI=1S/C13H20O2/c1-3-15-9-8-12(10-14)13-7-5-4-6-11(13)2/h4-7,12,14H,3,8-10H2,1-2H3. The highest BCUT2D eigenvalue weighted by molar-refractivity contribution is 5.29. The van der Waals surface area contributed by atoms with Gasteiger partial charge in [0, 0.05) is 19.1 Å². The van der Waals surface area contributed by atoms with Gasteiger partial charge in [0.1, 0.15) is 0 Å². The van der Waals surface area contributed by atoms with Gasteiger partial charge in [-0.25, -0.2) is 0 Å². The molecule has 0 aliphatic carbocycles. The van der Waals surface area contributed by atoms with Crippen LogP contribution in [0.3, 0.4) is 0 Å². The molecule has 0 spiro atoms. The van der Waals surface area contributed by atoms with Crippen molar-refractivity contribution in [3.63, 3.8) is 0 Å². The van der Waals surface area contributed by atoms with Crippen LogP contribution in [0.15, 0.2) is 24.3 Å². The Morgan fingerprint density at radius 3 is 2.67 bits per heavy atom. The molecule has 0 bridgehead atoms. The molecule has 1 rings (SSSR count). The maximum Gasteiger partial charge on any atom is 0.0500 e. The summed E-state index contributed by atoms with van der Waals surface area (Å²) in [6, 6.07) is 8.21. The van der Waals surface area contributed by atoms with Gasteiger partial charge in [0.25, 0.3) is 0 Å². The summed E-state index contributed by atoms with van der Waals surface area (Å²) in [7, 11) is 0. The van der Waals surface area contributed by atoms with Crippen molar-refractivity contribution < 1.29 is 9.84 Å². The van der Waals surface area contributed by atoms with E-state index in [0.29, 0.717) is 0 Å². The maximum atomic E-state index is 9.35. The van der Waals surface area contributed by atoms with E-state index in [4.69, 9.17) is 4.74 Å². The fourth-order valence-corrected chi connectivity index (χ4v) is 1.76. The molecular weight excluding hydrogens is 188 g/mol. The molecule has 2 heteroatoms. The number of aryl methyl sites for hydroxylation is 1. The Kier molecular flexibility index (Phi) is 5.37. The number of ether oxygens (including phenoxy) is 1. The summed E-state index contributed by atoms with van der Waals surface area (Å²) in [5.41, 5.74) is 2.48. The van der Waals surface area contributed by atoms with Crippen molar-refractivity contribution in [3.8, 4) is 0 Å². The lowest BCUT2D eigenvalue weighted by atomic mass is 9.93. The topological polar surface area (TPSA) is 29.5 Å². The fraction of sp³-hybridized carbons (Fsp3) is 0.538. The first-order chi connectivity index (χ1) is 7.29. The molecule has 0 amide bonds. The molecular formula is C13H20O2. The van der Waals surface area contributed by atoms with E-state index in [9.17, 15) is 5.11 Å². The summed E-state index contributed by atoms with van der Waals surface area (Å²) in [5, 5.41) is 9.35. The first kappa shape index (κ1) is 12.2. The third-order valence-electron chi connectivity index (χ3n) is 2.66. The van der Waals surface area contributed by atoms with E-state index in [0.717, 1.165) is 19.6 Å². The quantitative estimate of drug-likeness (QED) is 0.728. The number of hydrogen-bond acceptors (Lipinski definition) is 2. The van der Waals surface area contributed by atoms with Crippen LogP contribution in [0.4, 0.5) is 0 Å². The summed E-state index contributed by atoms with van der Waals surface area (Å²) >= 11 is 0. The number of benzene rings is 1. The molecule has 0 saturated heterocycles. The molecule has 1 atom stereocenters. The van der Waals surface area contributed by atoms with Crippen molar-refractivity contribution in [2.45, 2.75) is 26.2 Å². The van der Waals surface area contributed by atoms with Crippen molar-refractivity contribution >= 4 is 0 Å². The lowest BCUT2D eigenvalue weighted by Crippen LogP contribution is -2.09. The average Bonchev–Trinajstić information content (AvgIpc) is 2.26. The summed E-state index contributed by atoms with van der Waals surface area (Å²) in [5.74, 6) is 0.206. The minimum Gasteiger partial charge on any atom is -0.396 e. The molecule has 0 fully saturated rings. The van der Waals surface area contributed by atoms with Crippen LogP contribution in [0.25, 0.3) is 0 Å². The van der Waals surface area contributed by atoms with Crippen LogP contribution in [0.5, 0.6) is 0 Å². The highest BCUT2D eigenvalue weighted by atomic mass is 16.5. The predicted octanol–water partition coefficient (Wildman–Crippen LogP) is 2.50. The number of aliphatic hydroxyl groups is 1. The molecule has 0 aliphatic rings. The monoisotopic (exact) mass is 208 g/mol. The SMILES string of the molecule is CCOCCC(CO)c1ccccc1C. The van der Waals surface area contributed by atoms with Crippen LogP contribution < -0.4 is 0 Å². The average molecular weight is 208 g/mol. The van der Waals surface area contributed by atoms with E-state index in [2.05, 4.69) is 19.1 Å². The Bertz CT molecular complexity index is 284. The van der Waals surface area contributed by atoms with Gasteiger partial charge < -0.3 is 9.84 Å². The van der Waals surface area contributed by atoms with Crippen molar-refractivity contribution in [1.82, 2.24) is 0 Å². The van der Waals surface area contributed by atoms with Crippen LogP contribution >= 0.6 is 0 Å². The fourth-order valence-electron chi connectivity index (χ4n) is 1.76. The van der Waals surface area contributed by atoms with Crippen molar-refractivity contribution in [2.24, 2.45) is 0 Å². The summed E-state index contributed by atoms with van der Waals surface area (Å²) < 4.78 is 5.32. The van der Waals surface area contributed by atoms with Gasteiger partial charge in [-0.05, 0) is 31.4 Å². The van der Waals surface area contributed by atoms with E-state index in [1.165, 1.54) is 11.1 Å². The van der Waals surface area contributed by atoms with Gasteiger partial charge in [0.15, 0.2) is 0 Å². The first-order valence-corrected chi connectivity index (χ1v) is 5.53. The Labute approximate surface area is 91.9 Å². The molecule has 1 aromatic rings. The van der Waals surface area contributed by atoms with E-state index < -0.39 is 0 Å². The Morgan fingerprint density at radius 2 is 2.07 bits per heavy atom. The van der Waals surface area contributed by atoms with Crippen molar-refractivity contribution in [3.05, 3.63) is 35.4 Å². The summed E-state index contributed by atoms with van der Waals surface area (Å²) in [6.45, 7) is 5.72. The minimum absolute atomic E-state index is 0.192. The molecule has 1 aromatic carbocycles. The van der Waals surface area contributed by atoms with Gasteiger partial charge in [-0.1, -0.05) is 24.3 Å². The van der Waals surface area contributed by atoms with E-state index >= 15 is 0 Å². The Balaban J connectivity index is 2.61. The Morgan fingerprint density at radius 1 is 1.33 bits per heavy atom. The van der Waals surface area contributed by atoms with Crippen LogP contribution in [0, 0.1) is 6.92 Å². The second-order valence-electron chi connectivity index (χ2n) is 3.72. The largest absolute Gasteiger partial charge is 0.396 e. The summed E-state index contributed by atoms with van der Waals surface area (Å²) in [4.78, 5) is 0. The van der Waals surface area contributed by atoms with Gasteiger partial charge in [-0.15, -0.1) is 0 Å². The second kappa shape index (κ2) is 6.59. The zero-order valence-corrected chi connectivity index (χ0v) is 9.57. The third kappa shape index (κ3) is 3.65. The normalized spacial score (nSPS) is 12.7. The van der Waals surface area contributed by atoms with Crippen LogP contribution in [0.1, 0.15) is 30.4 Å².